The molecule has 5 heteroatoms. The molecule has 1 aromatic heterocycles. The van der Waals surface area contributed by atoms with Crippen LogP contribution in [0.1, 0.15) is 31.7 Å². The Kier molecular flexibility index (Phi) is 5.04. The number of ether oxygens (including phenoxy) is 1. The molecule has 0 amide bonds. The lowest BCUT2D eigenvalue weighted by Crippen LogP contribution is -2.36. The van der Waals surface area contributed by atoms with Crippen molar-refractivity contribution in [1.82, 2.24) is 9.55 Å². The third-order valence-electron chi connectivity index (χ3n) is 5.58. The Morgan fingerprint density at radius 2 is 1.92 bits per heavy atom. The fourth-order valence-corrected chi connectivity index (χ4v) is 4.16. The van der Waals surface area contributed by atoms with Crippen LogP contribution in [-0.4, -0.2) is 47.6 Å². The van der Waals surface area contributed by atoms with E-state index in [0.29, 0.717) is 18.6 Å². The molecule has 1 N–H and O–H groups in total. The quantitative estimate of drug-likeness (QED) is 0.928. The van der Waals surface area contributed by atoms with Gasteiger partial charge in [-0.3, -0.25) is 0 Å². The molecule has 2 fully saturated rings. The van der Waals surface area contributed by atoms with E-state index in [-0.39, 0.29) is 0 Å². The molecule has 4 rings (SSSR count). The number of morpholine rings is 1. The molecule has 0 radical (unpaired) electrons. The molecular formula is C20H27N3O2. The number of aliphatic hydroxyl groups excluding tert-OH is 1. The standard InChI is InChI=1S/C20H27N3O2/c24-15-16-2-1-3-19(14-16)23-9-8-21-20(23)17-4-6-18(7-5-17)22-10-12-25-13-11-22/h4-9,16,19,24H,1-3,10-15H2/t16-,19-/m1/s1. The number of hydrogen-bond acceptors (Lipinski definition) is 4. The van der Waals surface area contributed by atoms with Gasteiger partial charge in [-0.2, -0.15) is 0 Å². The molecule has 2 heterocycles. The fraction of sp³-hybridized carbons (Fsp3) is 0.550. The summed E-state index contributed by atoms with van der Waals surface area (Å²) < 4.78 is 7.74. The van der Waals surface area contributed by atoms with Crippen molar-refractivity contribution < 1.29 is 9.84 Å². The highest BCUT2D eigenvalue weighted by Crippen LogP contribution is 2.35. The maximum absolute atomic E-state index is 9.51. The maximum atomic E-state index is 9.51. The molecule has 5 nitrogen and oxygen atoms in total. The zero-order chi connectivity index (χ0) is 17.1. The van der Waals surface area contributed by atoms with Gasteiger partial charge in [-0.25, -0.2) is 4.98 Å². The minimum atomic E-state index is 0.300. The molecular weight excluding hydrogens is 314 g/mol. The molecule has 1 saturated carbocycles. The highest BCUT2D eigenvalue weighted by molar-refractivity contribution is 5.61. The van der Waals surface area contributed by atoms with Gasteiger partial charge >= 0.3 is 0 Å². The summed E-state index contributed by atoms with van der Waals surface area (Å²) in [6.07, 6.45) is 8.54. The average Bonchev–Trinajstić information content (AvgIpc) is 3.19. The second-order valence-electron chi connectivity index (χ2n) is 7.17. The average molecular weight is 341 g/mol. The van der Waals surface area contributed by atoms with E-state index in [1.54, 1.807) is 0 Å². The second kappa shape index (κ2) is 7.58. The van der Waals surface area contributed by atoms with Crippen LogP contribution in [-0.2, 0) is 4.74 Å². The first-order chi connectivity index (χ1) is 12.3. The van der Waals surface area contributed by atoms with Crippen molar-refractivity contribution in [2.45, 2.75) is 31.7 Å². The van der Waals surface area contributed by atoms with Crippen LogP contribution < -0.4 is 4.90 Å². The molecule has 1 aliphatic heterocycles. The van der Waals surface area contributed by atoms with Crippen LogP contribution in [0.5, 0.6) is 0 Å². The smallest absolute Gasteiger partial charge is 0.140 e. The maximum Gasteiger partial charge on any atom is 0.140 e. The predicted molar refractivity (Wildman–Crippen MR) is 98.8 cm³/mol. The van der Waals surface area contributed by atoms with Gasteiger partial charge in [0.2, 0.25) is 0 Å². The van der Waals surface area contributed by atoms with Crippen molar-refractivity contribution in [2.75, 3.05) is 37.8 Å². The Balaban J connectivity index is 1.53. The van der Waals surface area contributed by atoms with Gasteiger partial charge in [0.05, 0.1) is 13.2 Å². The highest BCUT2D eigenvalue weighted by Gasteiger charge is 2.24. The molecule has 1 saturated heterocycles. The van der Waals surface area contributed by atoms with Gasteiger partial charge in [0, 0.05) is 49.4 Å². The third kappa shape index (κ3) is 3.58. The van der Waals surface area contributed by atoms with Gasteiger partial charge in [0.25, 0.3) is 0 Å². The Morgan fingerprint density at radius 1 is 1.12 bits per heavy atom. The summed E-state index contributed by atoms with van der Waals surface area (Å²) in [6, 6.07) is 9.18. The first kappa shape index (κ1) is 16.6. The Labute approximate surface area is 149 Å². The summed E-state index contributed by atoms with van der Waals surface area (Å²) in [4.78, 5) is 6.99. The summed E-state index contributed by atoms with van der Waals surface area (Å²) in [5.41, 5.74) is 2.41. The number of rotatable bonds is 4. The van der Waals surface area contributed by atoms with Crippen molar-refractivity contribution in [2.24, 2.45) is 5.92 Å². The molecule has 2 aromatic rings. The number of aromatic nitrogens is 2. The first-order valence-corrected chi connectivity index (χ1v) is 9.42. The minimum Gasteiger partial charge on any atom is -0.396 e. The van der Waals surface area contributed by atoms with Crippen molar-refractivity contribution in [3.8, 4) is 11.4 Å². The van der Waals surface area contributed by atoms with Gasteiger partial charge in [-0.1, -0.05) is 6.42 Å². The molecule has 0 unspecified atom stereocenters. The monoisotopic (exact) mass is 341 g/mol. The van der Waals surface area contributed by atoms with E-state index in [0.717, 1.165) is 50.5 Å². The third-order valence-corrected chi connectivity index (χ3v) is 5.58. The zero-order valence-electron chi connectivity index (χ0n) is 14.7. The Hall–Kier alpha value is -1.85. The molecule has 1 aromatic carbocycles. The summed E-state index contributed by atoms with van der Waals surface area (Å²) >= 11 is 0. The largest absolute Gasteiger partial charge is 0.396 e. The Bertz CT molecular complexity index is 677. The lowest BCUT2D eigenvalue weighted by atomic mass is 9.86. The summed E-state index contributed by atoms with van der Waals surface area (Å²) in [6.45, 7) is 3.83. The first-order valence-electron chi connectivity index (χ1n) is 9.42. The van der Waals surface area contributed by atoms with Gasteiger partial charge < -0.3 is 19.3 Å². The van der Waals surface area contributed by atoms with E-state index >= 15 is 0 Å². The number of imidazole rings is 1. The van der Waals surface area contributed by atoms with Crippen molar-refractivity contribution in [3.63, 3.8) is 0 Å². The predicted octanol–water partition coefficient (Wildman–Crippen LogP) is 3.11. The van der Waals surface area contributed by atoms with E-state index in [1.165, 1.54) is 18.5 Å². The molecule has 2 atom stereocenters. The van der Waals surface area contributed by atoms with E-state index in [1.807, 2.05) is 6.20 Å². The van der Waals surface area contributed by atoms with Crippen LogP contribution in [0.2, 0.25) is 0 Å². The number of hydrogen-bond donors (Lipinski definition) is 1. The minimum absolute atomic E-state index is 0.300. The lowest BCUT2D eigenvalue weighted by Gasteiger charge is -2.30. The Morgan fingerprint density at radius 3 is 2.68 bits per heavy atom. The molecule has 25 heavy (non-hydrogen) atoms. The normalized spacial score (nSPS) is 24.4. The second-order valence-corrected chi connectivity index (χ2v) is 7.17. The lowest BCUT2D eigenvalue weighted by molar-refractivity contribution is 0.122. The van der Waals surface area contributed by atoms with Gasteiger partial charge in [0.1, 0.15) is 5.82 Å². The number of benzene rings is 1. The highest BCUT2D eigenvalue weighted by atomic mass is 16.5. The van der Waals surface area contributed by atoms with Crippen LogP contribution >= 0.6 is 0 Å². The van der Waals surface area contributed by atoms with Gasteiger partial charge in [-0.15, -0.1) is 0 Å². The summed E-state index contributed by atoms with van der Waals surface area (Å²) in [5.74, 6) is 1.47. The fourth-order valence-electron chi connectivity index (χ4n) is 4.16. The van der Waals surface area contributed by atoms with Crippen LogP contribution in [0.3, 0.4) is 0 Å². The SMILES string of the molecule is OC[C@@H]1CCC[C@@H](n2ccnc2-c2ccc(N3CCOCC3)cc2)C1. The van der Waals surface area contributed by atoms with Crippen molar-refractivity contribution in [1.29, 1.82) is 0 Å². The van der Waals surface area contributed by atoms with Crippen LogP contribution in [0, 0.1) is 5.92 Å². The molecule has 2 aliphatic rings. The van der Waals surface area contributed by atoms with Gasteiger partial charge in [-0.05, 0) is 49.4 Å². The number of aliphatic hydroxyl groups is 1. The molecule has 1 aliphatic carbocycles. The van der Waals surface area contributed by atoms with Crippen molar-refractivity contribution in [3.05, 3.63) is 36.7 Å². The van der Waals surface area contributed by atoms with Crippen LogP contribution in [0.4, 0.5) is 5.69 Å². The summed E-state index contributed by atoms with van der Waals surface area (Å²) in [7, 11) is 0. The van der Waals surface area contributed by atoms with E-state index in [4.69, 9.17) is 4.74 Å². The summed E-state index contributed by atoms with van der Waals surface area (Å²) in [5, 5.41) is 9.51. The van der Waals surface area contributed by atoms with E-state index < -0.39 is 0 Å². The molecule has 134 valence electrons. The van der Waals surface area contributed by atoms with E-state index in [9.17, 15) is 5.11 Å². The van der Waals surface area contributed by atoms with Crippen LogP contribution in [0.15, 0.2) is 36.7 Å². The van der Waals surface area contributed by atoms with Crippen molar-refractivity contribution >= 4 is 5.69 Å². The molecule has 0 bridgehead atoms. The number of nitrogens with zero attached hydrogens (tertiary/aromatic N) is 3. The number of anilines is 1. The zero-order valence-corrected chi connectivity index (χ0v) is 14.7. The van der Waals surface area contributed by atoms with Gasteiger partial charge in [0.15, 0.2) is 0 Å². The topological polar surface area (TPSA) is 50.5 Å². The van der Waals surface area contributed by atoms with Crippen LogP contribution in [0.25, 0.3) is 11.4 Å². The van der Waals surface area contributed by atoms with E-state index in [2.05, 4.69) is 44.9 Å². The molecule has 0 spiro atoms.